The highest BCUT2D eigenvalue weighted by atomic mass is 16.4. The number of carboxylic acids is 1. The van der Waals surface area contributed by atoms with Gasteiger partial charge < -0.3 is 10.0 Å². The van der Waals surface area contributed by atoms with Gasteiger partial charge >= 0.3 is 5.97 Å². The lowest BCUT2D eigenvalue weighted by Crippen LogP contribution is -2.41. The standard InChI is InChI=1S/C18H25NO3/c1-5-15(4)19(12-14(3)18(21)22)17(20)11-10-16-8-6-13(2)7-9-16/h6-11,14-15H,5,12H2,1-4H3,(H,21,22)/b11-10+. The van der Waals surface area contributed by atoms with E-state index >= 15 is 0 Å². The van der Waals surface area contributed by atoms with E-state index in [1.54, 1.807) is 17.9 Å². The van der Waals surface area contributed by atoms with Gasteiger partial charge in [0.25, 0.3) is 0 Å². The Balaban J connectivity index is 2.82. The molecule has 0 aromatic heterocycles. The van der Waals surface area contributed by atoms with Crippen molar-refractivity contribution in [3.05, 3.63) is 41.5 Å². The molecule has 0 aliphatic heterocycles. The van der Waals surface area contributed by atoms with E-state index in [9.17, 15) is 9.59 Å². The minimum Gasteiger partial charge on any atom is -0.481 e. The van der Waals surface area contributed by atoms with Crippen molar-refractivity contribution in [1.29, 1.82) is 0 Å². The molecule has 0 bridgehead atoms. The summed E-state index contributed by atoms with van der Waals surface area (Å²) in [6, 6.07) is 7.89. The molecule has 0 spiro atoms. The van der Waals surface area contributed by atoms with E-state index in [1.807, 2.05) is 45.0 Å². The monoisotopic (exact) mass is 303 g/mol. The average Bonchev–Trinajstić information content (AvgIpc) is 2.50. The third-order valence-electron chi connectivity index (χ3n) is 3.79. The topological polar surface area (TPSA) is 57.6 Å². The molecular weight excluding hydrogens is 278 g/mol. The molecule has 1 amide bonds. The van der Waals surface area contributed by atoms with Crippen LogP contribution in [0.5, 0.6) is 0 Å². The number of benzene rings is 1. The molecule has 4 heteroatoms. The number of carbonyl (C=O) groups excluding carboxylic acids is 1. The van der Waals surface area contributed by atoms with Crippen LogP contribution < -0.4 is 0 Å². The minimum absolute atomic E-state index is 0.0111. The predicted molar refractivity (Wildman–Crippen MR) is 88.5 cm³/mol. The Labute approximate surface area is 132 Å². The van der Waals surface area contributed by atoms with Crippen LogP contribution in [0.3, 0.4) is 0 Å². The lowest BCUT2D eigenvalue weighted by atomic mass is 10.1. The number of amides is 1. The van der Waals surface area contributed by atoms with Gasteiger partial charge in [0.1, 0.15) is 0 Å². The van der Waals surface area contributed by atoms with Crippen molar-refractivity contribution in [2.24, 2.45) is 5.92 Å². The molecule has 0 fully saturated rings. The third-order valence-corrected chi connectivity index (χ3v) is 3.79. The summed E-state index contributed by atoms with van der Waals surface area (Å²) in [6.45, 7) is 7.78. The highest BCUT2D eigenvalue weighted by Crippen LogP contribution is 2.11. The highest BCUT2D eigenvalue weighted by Gasteiger charge is 2.22. The molecule has 0 aliphatic rings. The van der Waals surface area contributed by atoms with Gasteiger partial charge in [0.15, 0.2) is 0 Å². The van der Waals surface area contributed by atoms with Crippen molar-refractivity contribution in [2.75, 3.05) is 6.54 Å². The molecule has 0 aliphatic carbocycles. The fourth-order valence-corrected chi connectivity index (χ4v) is 2.02. The normalized spacial score (nSPS) is 13.8. The van der Waals surface area contributed by atoms with Crippen LogP contribution in [0.25, 0.3) is 6.08 Å². The minimum atomic E-state index is -0.886. The molecule has 120 valence electrons. The first kappa shape index (κ1) is 18.0. The van der Waals surface area contributed by atoms with Crippen LogP contribution in [0.1, 0.15) is 38.3 Å². The first-order chi connectivity index (χ1) is 10.3. The maximum atomic E-state index is 12.4. The van der Waals surface area contributed by atoms with Crippen molar-refractivity contribution >= 4 is 18.0 Å². The average molecular weight is 303 g/mol. The molecule has 4 nitrogen and oxygen atoms in total. The zero-order valence-electron chi connectivity index (χ0n) is 13.7. The molecule has 1 aromatic rings. The van der Waals surface area contributed by atoms with Crippen molar-refractivity contribution < 1.29 is 14.7 Å². The Hall–Kier alpha value is -2.10. The van der Waals surface area contributed by atoms with E-state index in [0.29, 0.717) is 0 Å². The van der Waals surface area contributed by atoms with Crippen molar-refractivity contribution in [2.45, 2.75) is 40.2 Å². The predicted octanol–water partition coefficient (Wildman–Crippen LogP) is 3.36. The number of hydrogen-bond donors (Lipinski definition) is 1. The van der Waals surface area contributed by atoms with Gasteiger partial charge in [0.2, 0.25) is 5.91 Å². The van der Waals surface area contributed by atoms with Crippen LogP contribution in [-0.2, 0) is 9.59 Å². The SMILES string of the molecule is CCC(C)N(CC(C)C(=O)O)C(=O)/C=C/c1ccc(C)cc1. The smallest absolute Gasteiger partial charge is 0.308 e. The fraction of sp³-hybridized carbons (Fsp3) is 0.444. The summed E-state index contributed by atoms with van der Waals surface area (Å²) < 4.78 is 0. The van der Waals surface area contributed by atoms with Gasteiger partial charge in [-0.05, 0) is 31.9 Å². The second kappa shape index (κ2) is 8.37. The molecule has 1 aromatic carbocycles. The third kappa shape index (κ3) is 5.35. The number of rotatable bonds is 7. The van der Waals surface area contributed by atoms with Gasteiger partial charge in [-0.3, -0.25) is 9.59 Å². The first-order valence-electron chi connectivity index (χ1n) is 7.63. The van der Waals surface area contributed by atoms with Gasteiger partial charge in [-0.2, -0.15) is 0 Å². The van der Waals surface area contributed by atoms with Gasteiger partial charge in [-0.25, -0.2) is 0 Å². The number of hydrogen-bond acceptors (Lipinski definition) is 2. The maximum Gasteiger partial charge on any atom is 0.308 e. The number of aliphatic carboxylic acids is 1. The molecule has 1 N–H and O–H groups in total. The molecular formula is C18H25NO3. The van der Waals surface area contributed by atoms with Gasteiger partial charge in [0.05, 0.1) is 5.92 Å². The van der Waals surface area contributed by atoms with E-state index in [-0.39, 0.29) is 18.5 Å². The van der Waals surface area contributed by atoms with E-state index in [2.05, 4.69) is 0 Å². The molecule has 0 radical (unpaired) electrons. The van der Waals surface area contributed by atoms with Gasteiger partial charge in [-0.1, -0.05) is 43.7 Å². The van der Waals surface area contributed by atoms with Crippen LogP contribution in [0, 0.1) is 12.8 Å². The summed E-state index contributed by atoms with van der Waals surface area (Å²) in [7, 11) is 0. The zero-order valence-corrected chi connectivity index (χ0v) is 13.7. The molecule has 0 saturated heterocycles. The number of nitrogens with zero attached hydrogens (tertiary/aromatic N) is 1. The van der Waals surface area contributed by atoms with E-state index in [4.69, 9.17) is 5.11 Å². The number of carbonyl (C=O) groups is 2. The summed E-state index contributed by atoms with van der Waals surface area (Å²) in [6.07, 6.45) is 4.07. The Morgan fingerprint density at radius 3 is 2.32 bits per heavy atom. The lowest BCUT2D eigenvalue weighted by molar-refractivity contribution is -0.143. The zero-order chi connectivity index (χ0) is 16.7. The van der Waals surface area contributed by atoms with Gasteiger partial charge in [-0.15, -0.1) is 0 Å². The summed E-state index contributed by atoms with van der Waals surface area (Å²) in [5.74, 6) is -1.61. The van der Waals surface area contributed by atoms with Crippen molar-refractivity contribution in [1.82, 2.24) is 4.90 Å². The highest BCUT2D eigenvalue weighted by molar-refractivity contribution is 5.92. The quantitative estimate of drug-likeness (QED) is 0.786. The molecule has 2 unspecified atom stereocenters. The molecule has 0 saturated carbocycles. The van der Waals surface area contributed by atoms with Crippen LogP contribution in [0.2, 0.25) is 0 Å². The summed E-state index contributed by atoms with van der Waals surface area (Å²) in [5, 5.41) is 9.05. The summed E-state index contributed by atoms with van der Waals surface area (Å²) in [4.78, 5) is 25.0. The van der Waals surface area contributed by atoms with Crippen LogP contribution >= 0.6 is 0 Å². The van der Waals surface area contributed by atoms with E-state index in [0.717, 1.165) is 12.0 Å². The van der Waals surface area contributed by atoms with Crippen molar-refractivity contribution in [3.8, 4) is 0 Å². The molecule has 0 heterocycles. The fourth-order valence-electron chi connectivity index (χ4n) is 2.02. The van der Waals surface area contributed by atoms with Gasteiger partial charge in [0, 0.05) is 18.7 Å². The van der Waals surface area contributed by atoms with Crippen LogP contribution in [0.15, 0.2) is 30.3 Å². The van der Waals surface area contributed by atoms with Crippen LogP contribution in [0.4, 0.5) is 0 Å². The molecule has 1 rings (SSSR count). The molecule has 2 atom stereocenters. The Bertz CT molecular complexity index is 534. The van der Waals surface area contributed by atoms with E-state index < -0.39 is 11.9 Å². The Morgan fingerprint density at radius 2 is 1.82 bits per heavy atom. The second-order valence-corrected chi connectivity index (χ2v) is 5.73. The number of carboxylic acid groups (broad SMARTS) is 1. The Kier molecular flexibility index (Phi) is 6.83. The Morgan fingerprint density at radius 1 is 1.23 bits per heavy atom. The summed E-state index contributed by atoms with van der Waals surface area (Å²) >= 11 is 0. The lowest BCUT2D eigenvalue weighted by Gasteiger charge is -2.29. The molecule has 22 heavy (non-hydrogen) atoms. The van der Waals surface area contributed by atoms with Crippen molar-refractivity contribution in [3.63, 3.8) is 0 Å². The maximum absolute atomic E-state index is 12.4. The summed E-state index contributed by atoms with van der Waals surface area (Å²) in [5.41, 5.74) is 2.12. The van der Waals surface area contributed by atoms with E-state index in [1.165, 1.54) is 11.6 Å². The number of aryl methyl sites for hydroxylation is 1. The largest absolute Gasteiger partial charge is 0.481 e. The van der Waals surface area contributed by atoms with Crippen LogP contribution in [-0.4, -0.2) is 34.5 Å². The second-order valence-electron chi connectivity index (χ2n) is 5.73. The first-order valence-corrected chi connectivity index (χ1v) is 7.63.